The second kappa shape index (κ2) is 7.74. The second-order valence-corrected chi connectivity index (χ2v) is 7.70. The lowest BCUT2D eigenvalue weighted by atomic mass is 9.79. The Kier molecular flexibility index (Phi) is 5.20. The van der Waals surface area contributed by atoms with Gasteiger partial charge in [-0.15, -0.1) is 0 Å². The number of amides is 1. The molecule has 1 unspecified atom stereocenters. The van der Waals surface area contributed by atoms with Gasteiger partial charge in [-0.1, -0.05) is 6.08 Å². The van der Waals surface area contributed by atoms with Crippen molar-refractivity contribution >= 4 is 5.91 Å². The number of ether oxygens (including phenoxy) is 2. The Morgan fingerprint density at radius 2 is 2.15 bits per heavy atom. The molecule has 0 N–H and O–H groups in total. The smallest absolute Gasteiger partial charge is 0.316 e. The van der Waals surface area contributed by atoms with Gasteiger partial charge in [-0.3, -0.25) is 4.79 Å². The normalized spacial score (nSPS) is 24.7. The lowest BCUT2D eigenvalue weighted by molar-refractivity contribution is -0.186. The summed E-state index contributed by atoms with van der Waals surface area (Å²) in [5.41, 5.74) is 0.881. The van der Waals surface area contributed by atoms with Gasteiger partial charge in [0.1, 0.15) is 5.60 Å². The molecule has 1 aliphatic carbocycles. The molecule has 1 spiro atoms. The molecule has 1 aromatic heterocycles. The minimum absolute atomic E-state index is 0.128. The Bertz CT molecular complexity index is 656. The molecule has 0 radical (unpaired) electrons. The molecule has 0 saturated carbocycles. The number of nitrogens with zero attached hydrogens (tertiary/aromatic N) is 3. The minimum atomic E-state index is -0.128. The molecule has 26 heavy (non-hydrogen) atoms. The zero-order valence-corrected chi connectivity index (χ0v) is 15.2. The summed E-state index contributed by atoms with van der Waals surface area (Å²) in [6.45, 7) is 2.88. The highest BCUT2D eigenvalue weighted by molar-refractivity contribution is 5.94. The molecule has 3 heterocycles. The van der Waals surface area contributed by atoms with Crippen molar-refractivity contribution in [1.82, 2.24) is 14.9 Å². The van der Waals surface area contributed by atoms with Crippen LogP contribution in [0.4, 0.5) is 0 Å². The number of carbonyl (C=O) groups is 1. The van der Waals surface area contributed by atoms with Crippen LogP contribution >= 0.6 is 0 Å². The Balaban J connectivity index is 1.24. The largest absolute Gasteiger partial charge is 0.463 e. The number of hydrogen-bond acceptors (Lipinski definition) is 5. The molecule has 4 rings (SSSR count). The number of likely N-dealkylation sites (tertiary alicyclic amines) is 1. The van der Waals surface area contributed by atoms with E-state index in [4.69, 9.17) is 9.47 Å². The highest BCUT2D eigenvalue weighted by atomic mass is 16.5. The van der Waals surface area contributed by atoms with E-state index in [-0.39, 0.29) is 11.5 Å². The summed E-state index contributed by atoms with van der Waals surface area (Å²) in [5, 5.41) is 0. The molecule has 2 fully saturated rings. The van der Waals surface area contributed by atoms with Crippen LogP contribution in [0, 0.1) is 5.92 Å². The van der Waals surface area contributed by atoms with E-state index >= 15 is 0 Å². The first-order valence-corrected chi connectivity index (χ1v) is 9.76. The molecule has 140 valence electrons. The van der Waals surface area contributed by atoms with Gasteiger partial charge in [-0.2, -0.15) is 0 Å². The lowest BCUT2D eigenvalue weighted by Gasteiger charge is -2.53. The van der Waals surface area contributed by atoms with Gasteiger partial charge in [-0.25, -0.2) is 9.97 Å². The van der Waals surface area contributed by atoms with E-state index in [1.54, 1.807) is 18.5 Å². The molecule has 2 saturated heterocycles. The summed E-state index contributed by atoms with van der Waals surface area (Å²) >= 11 is 0. The van der Waals surface area contributed by atoms with Crippen LogP contribution in [0.15, 0.2) is 30.1 Å². The van der Waals surface area contributed by atoms with Crippen molar-refractivity contribution in [3.63, 3.8) is 0 Å². The Morgan fingerprint density at radius 1 is 1.31 bits per heavy atom. The predicted molar refractivity (Wildman–Crippen MR) is 96.7 cm³/mol. The second-order valence-electron chi connectivity index (χ2n) is 7.70. The van der Waals surface area contributed by atoms with Crippen LogP contribution in [0.2, 0.25) is 0 Å². The highest BCUT2D eigenvalue weighted by Crippen LogP contribution is 2.39. The number of carbonyl (C=O) groups excluding carboxylic acids is 1. The molecular weight excluding hydrogens is 330 g/mol. The number of aromatic nitrogens is 2. The number of hydrogen-bond donors (Lipinski definition) is 0. The van der Waals surface area contributed by atoms with Gasteiger partial charge in [0.05, 0.1) is 19.7 Å². The van der Waals surface area contributed by atoms with Crippen molar-refractivity contribution in [2.24, 2.45) is 5.92 Å². The lowest BCUT2D eigenvalue weighted by Crippen LogP contribution is -2.66. The summed E-state index contributed by atoms with van der Waals surface area (Å²) in [5.74, 6) is 0.796. The average Bonchev–Trinajstić information content (AvgIpc) is 2.67. The molecule has 1 aromatic rings. The van der Waals surface area contributed by atoms with E-state index in [1.807, 2.05) is 4.90 Å². The first kappa shape index (κ1) is 17.5. The number of allylic oxidation sites excluding steroid dienone is 1. The van der Waals surface area contributed by atoms with Crippen LogP contribution < -0.4 is 4.74 Å². The fourth-order valence-corrected chi connectivity index (χ4v) is 4.30. The van der Waals surface area contributed by atoms with Crippen LogP contribution in [-0.2, 0) is 9.53 Å². The maximum atomic E-state index is 12.6. The Morgan fingerprint density at radius 3 is 2.92 bits per heavy atom. The molecule has 3 aliphatic rings. The number of rotatable bonds is 5. The first-order valence-electron chi connectivity index (χ1n) is 9.76. The van der Waals surface area contributed by atoms with Crippen molar-refractivity contribution in [2.45, 2.75) is 50.5 Å². The van der Waals surface area contributed by atoms with E-state index in [2.05, 4.69) is 16.0 Å². The van der Waals surface area contributed by atoms with Crippen LogP contribution in [0.3, 0.4) is 0 Å². The van der Waals surface area contributed by atoms with Crippen molar-refractivity contribution < 1.29 is 14.3 Å². The van der Waals surface area contributed by atoms with Crippen LogP contribution in [-0.4, -0.2) is 52.7 Å². The molecule has 6 heteroatoms. The standard InChI is InChI=1S/C20H27N3O3/c24-18(17-5-2-1-3-6-17)23-14-20(15-23)13-16(8-12-26-20)7-11-25-19-21-9-4-10-22-19/h4-5,9-10,16H,1-3,6-8,11-15H2. The topological polar surface area (TPSA) is 64.6 Å². The third kappa shape index (κ3) is 3.90. The van der Waals surface area contributed by atoms with Crippen molar-refractivity contribution in [1.29, 1.82) is 0 Å². The van der Waals surface area contributed by atoms with Gasteiger partial charge in [0.2, 0.25) is 5.91 Å². The Hall–Kier alpha value is -1.95. The van der Waals surface area contributed by atoms with E-state index in [1.165, 1.54) is 6.42 Å². The maximum Gasteiger partial charge on any atom is 0.316 e. The quantitative estimate of drug-likeness (QED) is 0.811. The third-order valence-electron chi connectivity index (χ3n) is 5.71. The zero-order valence-electron chi connectivity index (χ0n) is 15.2. The fourth-order valence-electron chi connectivity index (χ4n) is 4.30. The first-order chi connectivity index (χ1) is 12.7. The van der Waals surface area contributed by atoms with E-state index in [0.717, 1.165) is 63.8 Å². The third-order valence-corrected chi connectivity index (χ3v) is 5.71. The van der Waals surface area contributed by atoms with Crippen LogP contribution in [0.1, 0.15) is 44.9 Å². The van der Waals surface area contributed by atoms with Gasteiger partial charge in [0.15, 0.2) is 0 Å². The molecule has 2 aliphatic heterocycles. The van der Waals surface area contributed by atoms with E-state index in [9.17, 15) is 4.79 Å². The molecule has 1 atom stereocenters. The average molecular weight is 357 g/mol. The maximum absolute atomic E-state index is 12.6. The SMILES string of the molecule is O=C(C1=CCCCC1)N1CC2(CC(CCOc3ncccn3)CCO2)C1. The van der Waals surface area contributed by atoms with E-state index < -0.39 is 0 Å². The summed E-state index contributed by atoms with van der Waals surface area (Å²) in [6.07, 6.45) is 12.9. The van der Waals surface area contributed by atoms with Crippen molar-refractivity contribution in [2.75, 3.05) is 26.3 Å². The Labute approximate surface area is 154 Å². The van der Waals surface area contributed by atoms with Crippen molar-refractivity contribution in [3.05, 3.63) is 30.1 Å². The predicted octanol–water partition coefficient (Wildman–Crippen LogP) is 2.75. The summed E-state index contributed by atoms with van der Waals surface area (Å²) in [4.78, 5) is 22.7. The van der Waals surface area contributed by atoms with Gasteiger partial charge in [-0.05, 0) is 56.9 Å². The summed E-state index contributed by atoms with van der Waals surface area (Å²) in [7, 11) is 0. The summed E-state index contributed by atoms with van der Waals surface area (Å²) < 4.78 is 11.7. The molecular formula is C20H27N3O3. The van der Waals surface area contributed by atoms with E-state index in [0.29, 0.717) is 18.5 Å². The van der Waals surface area contributed by atoms with Crippen LogP contribution in [0.5, 0.6) is 6.01 Å². The molecule has 0 bridgehead atoms. The monoisotopic (exact) mass is 357 g/mol. The summed E-state index contributed by atoms with van der Waals surface area (Å²) in [6, 6.07) is 2.22. The highest BCUT2D eigenvalue weighted by Gasteiger charge is 2.49. The molecule has 6 nitrogen and oxygen atoms in total. The van der Waals surface area contributed by atoms with Gasteiger partial charge in [0, 0.05) is 24.6 Å². The molecule has 0 aromatic carbocycles. The van der Waals surface area contributed by atoms with Gasteiger partial charge in [0.25, 0.3) is 0 Å². The van der Waals surface area contributed by atoms with Gasteiger partial charge >= 0.3 is 6.01 Å². The molecule has 1 amide bonds. The minimum Gasteiger partial charge on any atom is -0.463 e. The van der Waals surface area contributed by atoms with Crippen LogP contribution in [0.25, 0.3) is 0 Å². The van der Waals surface area contributed by atoms with Gasteiger partial charge < -0.3 is 14.4 Å². The van der Waals surface area contributed by atoms with Crippen molar-refractivity contribution in [3.8, 4) is 6.01 Å². The fraction of sp³-hybridized carbons (Fsp3) is 0.650. The zero-order chi connectivity index (χ0) is 17.8.